The number of carbonyl (C=O) groups excluding carboxylic acids is 1. The van der Waals surface area contributed by atoms with Crippen molar-refractivity contribution in [2.45, 2.75) is 50.5 Å². The molecule has 2 atom stereocenters. The number of benzene rings is 1. The lowest BCUT2D eigenvalue weighted by Gasteiger charge is -2.35. The molecule has 2 aromatic heterocycles. The van der Waals surface area contributed by atoms with E-state index in [0.29, 0.717) is 48.2 Å². The number of aliphatic hydroxyl groups is 2. The van der Waals surface area contributed by atoms with Gasteiger partial charge >= 0.3 is 6.03 Å². The number of imidazole rings is 1. The van der Waals surface area contributed by atoms with E-state index in [2.05, 4.69) is 21.6 Å². The maximum atomic E-state index is 12.8. The SMILES string of the molecule is COc1cc2c(cc1C(O)Nc1cnc3cccnn13)=C/[N+](=C/C1CCC(N(C)C(=O)N3CC[C@H](O)C3)CC1)N=2. The molecule has 1 saturated heterocycles. The van der Waals surface area contributed by atoms with E-state index in [1.54, 1.807) is 28.9 Å². The largest absolute Gasteiger partial charge is 0.496 e. The number of urea groups is 1. The van der Waals surface area contributed by atoms with Gasteiger partial charge in [-0.15, -0.1) is 0 Å². The summed E-state index contributed by atoms with van der Waals surface area (Å²) in [4.78, 5) is 20.7. The second kappa shape index (κ2) is 10.9. The molecule has 1 saturated carbocycles. The van der Waals surface area contributed by atoms with Crippen molar-refractivity contribution >= 4 is 29.9 Å². The summed E-state index contributed by atoms with van der Waals surface area (Å²) in [5.41, 5.74) is 1.26. The number of carbonyl (C=O) groups is 1. The molecular weight excluding hydrogens is 512 g/mol. The Hall–Kier alpha value is -4.03. The minimum atomic E-state index is -1.05. The number of methoxy groups -OCH3 is 1. The van der Waals surface area contributed by atoms with Crippen molar-refractivity contribution in [3.8, 4) is 5.75 Å². The summed E-state index contributed by atoms with van der Waals surface area (Å²) < 4.78 is 9.07. The number of anilines is 1. The lowest BCUT2D eigenvalue weighted by atomic mass is 9.86. The van der Waals surface area contributed by atoms with E-state index in [0.717, 1.165) is 36.3 Å². The number of likely N-dealkylation sites (tertiary alicyclic amines) is 1. The van der Waals surface area contributed by atoms with Crippen LogP contribution in [-0.2, 0) is 0 Å². The topological polar surface area (TPSA) is 131 Å². The van der Waals surface area contributed by atoms with Gasteiger partial charge in [-0.3, -0.25) is 0 Å². The zero-order valence-corrected chi connectivity index (χ0v) is 22.7. The Balaban J connectivity index is 1.13. The van der Waals surface area contributed by atoms with Crippen LogP contribution in [0.25, 0.3) is 11.8 Å². The van der Waals surface area contributed by atoms with Gasteiger partial charge in [0.2, 0.25) is 6.20 Å². The zero-order chi connectivity index (χ0) is 27.8. The maximum absolute atomic E-state index is 12.8. The fourth-order valence-electron chi connectivity index (χ4n) is 5.85. The van der Waals surface area contributed by atoms with Gasteiger partial charge in [0.25, 0.3) is 0 Å². The molecule has 210 valence electrons. The quantitative estimate of drug-likeness (QED) is 0.309. The number of nitrogens with one attached hydrogen (secondary N) is 1. The molecular formula is C28H35N8O4+. The monoisotopic (exact) mass is 547 g/mol. The number of hydrogen-bond donors (Lipinski definition) is 3. The van der Waals surface area contributed by atoms with Gasteiger partial charge in [0.05, 0.1) is 24.6 Å². The molecule has 3 aliphatic rings. The maximum Gasteiger partial charge on any atom is 0.320 e. The first-order chi connectivity index (χ1) is 19.4. The molecule has 12 nitrogen and oxygen atoms in total. The fourth-order valence-corrected chi connectivity index (χ4v) is 5.85. The van der Waals surface area contributed by atoms with Crippen molar-refractivity contribution in [3.63, 3.8) is 0 Å². The molecule has 2 fully saturated rings. The van der Waals surface area contributed by atoms with Gasteiger partial charge in [0, 0.05) is 55.0 Å². The number of ether oxygens (including phenoxy) is 1. The van der Waals surface area contributed by atoms with Crippen LogP contribution in [0.4, 0.5) is 10.6 Å². The molecule has 40 heavy (non-hydrogen) atoms. The highest BCUT2D eigenvalue weighted by atomic mass is 16.5. The lowest BCUT2D eigenvalue weighted by Crippen LogP contribution is -2.46. The average Bonchev–Trinajstić information content (AvgIpc) is 3.70. The van der Waals surface area contributed by atoms with Crippen LogP contribution < -0.4 is 20.6 Å². The standard InChI is InChI=1S/C28H35N8O4/c1-33(28(39)34-11-9-21(37)17-34)20-7-5-18(6-8-20)15-35-16-19-12-22(24(40-2)13-23(19)32-35)27(38)31-26-14-29-25-4-3-10-30-36(25)26/h3-4,10,12-16,18,20-21,27,31,37-38H,5-9,11,17H2,1-2H3/q+1/b35-15-/t18?,20?,21-,27?/m0/s1. The van der Waals surface area contributed by atoms with E-state index < -0.39 is 12.3 Å². The third-order valence-electron chi connectivity index (χ3n) is 8.12. The summed E-state index contributed by atoms with van der Waals surface area (Å²) in [6, 6.07) is 7.58. The second-order valence-electron chi connectivity index (χ2n) is 10.7. The Morgan fingerprint density at radius 1 is 1.27 bits per heavy atom. The first-order valence-corrected chi connectivity index (χ1v) is 13.7. The van der Waals surface area contributed by atoms with Gasteiger partial charge in [-0.25, -0.2) is 9.78 Å². The van der Waals surface area contributed by atoms with Crippen LogP contribution in [0.15, 0.2) is 41.8 Å². The summed E-state index contributed by atoms with van der Waals surface area (Å²) in [6.07, 6.45) is 10.4. The van der Waals surface area contributed by atoms with Crippen molar-refractivity contribution in [2.24, 2.45) is 11.0 Å². The third-order valence-corrected chi connectivity index (χ3v) is 8.12. The predicted molar refractivity (Wildman–Crippen MR) is 147 cm³/mol. The lowest BCUT2D eigenvalue weighted by molar-refractivity contribution is -0.424. The minimum absolute atomic E-state index is 0.0152. The van der Waals surface area contributed by atoms with Crippen molar-refractivity contribution in [2.75, 3.05) is 32.6 Å². The van der Waals surface area contributed by atoms with Crippen LogP contribution in [0.3, 0.4) is 0 Å². The van der Waals surface area contributed by atoms with Crippen molar-refractivity contribution in [3.05, 3.63) is 52.8 Å². The molecule has 4 heterocycles. The van der Waals surface area contributed by atoms with Gasteiger partial charge in [-0.05, 0) is 50.3 Å². The van der Waals surface area contributed by atoms with E-state index in [4.69, 9.17) is 9.84 Å². The first-order valence-electron chi connectivity index (χ1n) is 13.7. The highest BCUT2D eigenvalue weighted by Gasteiger charge is 2.32. The summed E-state index contributed by atoms with van der Waals surface area (Å²) >= 11 is 0. The molecule has 2 aliphatic heterocycles. The van der Waals surface area contributed by atoms with E-state index in [1.165, 1.54) is 0 Å². The fraction of sp³-hybridized carbons (Fsp3) is 0.464. The van der Waals surface area contributed by atoms with Crippen LogP contribution in [0.5, 0.6) is 5.75 Å². The molecule has 0 bridgehead atoms. The molecule has 2 amide bonds. The number of fused-ring (bicyclic) bond motifs is 2. The highest BCUT2D eigenvalue weighted by Crippen LogP contribution is 2.28. The normalized spacial score (nSPS) is 23.9. The Labute approximate surface area is 231 Å². The number of β-amino-alcohol motifs (C(OH)–C–C–N with tert-alkyl or cyclic N) is 1. The van der Waals surface area contributed by atoms with Gasteiger partial charge in [0.15, 0.2) is 23.9 Å². The van der Waals surface area contributed by atoms with Gasteiger partial charge in [-0.2, -0.15) is 9.61 Å². The third kappa shape index (κ3) is 5.11. The Kier molecular flexibility index (Phi) is 7.11. The predicted octanol–water partition coefficient (Wildman–Crippen LogP) is 0.888. The molecule has 3 aromatic rings. The number of rotatable bonds is 6. The van der Waals surface area contributed by atoms with Crippen LogP contribution in [0.2, 0.25) is 0 Å². The minimum Gasteiger partial charge on any atom is -0.496 e. The summed E-state index contributed by atoms with van der Waals surface area (Å²) in [5, 5.41) is 34.6. The first kappa shape index (κ1) is 26.2. The van der Waals surface area contributed by atoms with E-state index in [1.807, 2.05) is 47.1 Å². The summed E-state index contributed by atoms with van der Waals surface area (Å²) in [5.74, 6) is 1.44. The number of hydrogen-bond acceptors (Lipinski definition) is 8. The van der Waals surface area contributed by atoms with E-state index in [-0.39, 0.29) is 12.1 Å². The average molecular weight is 548 g/mol. The van der Waals surface area contributed by atoms with Crippen molar-refractivity contribution in [1.82, 2.24) is 24.4 Å². The zero-order valence-electron chi connectivity index (χ0n) is 22.7. The Morgan fingerprint density at radius 3 is 2.85 bits per heavy atom. The molecule has 1 aliphatic carbocycles. The molecule has 1 unspecified atom stereocenters. The Morgan fingerprint density at radius 2 is 2.10 bits per heavy atom. The van der Waals surface area contributed by atoms with Crippen LogP contribution in [0, 0.1) is 5.92 Å². The molecule has 6 rings (SSSR count). The van der Waals surface area contributed by atoms with Crippen molar-refractivity contribution in [1.29, 1.82) is 0 Å². The number of amides is 2. The molecule has 1 aromatic carbocycles. The number of aliphatic hydroxyl groups excluding tert-OH is 2. The summed E-state index contributed by atoms with van der Waals surface area (Å²) in [7, 11) is 3.45. The van der Waals surface area contributed by atoms with E-state index >= 15 is 0 Å². The molecule has 0 spiro atoms. The van der Waals surface area contributed by atoms with Crippen molar-refractivity contribution < 1.29 is 24.4 Å². The van der Waals surface area contributed by atoms with Crippen LogP contribution in [0.1, 0.15) is 43.9 Å². The second-order valence-corrected chi connectivity index (χ2v) is 10.7. The summed E-state index contributed by atoms with van der Waals surface area (Å²) in [6.45, 7) is 1.05. The smallest absolute Gasteiger partial charge is 0.320 e. The molecule has 3 N–H and O–H groups in total. The van der Waals surface area contributed by atoms with Gasteiger partial charge in [0.1, 0.15) is 11.1 Å². The number of aromatic nitrogens is 3. The highest BCUT2D eigenvalue weighted by molar-refractivity contribution is 5.75. The van der Waals surface area contributed by atoms with Gasteiger partial charge in [-0.1, -0.05) is 4.68 Å². The Bertz CT molecular complexity index is 1560. The molecule has 12 heteroatoms. The molecule has 0 radical (unpaired) electrons. The van der Waals surface area contributed by atoms with Gasteiger partial charge < -0.3 is 30.1 Å². The van der Waals surface area contributed by atoms with Crippen LogP contribution in [-0.4, -0.2) is 90.9 Å². The van der Waals surface area contributed by atoms with E-state index in [9.17, 15) is 15.0 Å². The van der Waals surface area contributed by atoms with Crippen LogP contribution >= 0.6 is 0 Å². The number of nitrogens with zero attached hydrogens (tertiary/aromatic N) is 7.